The number of hydrogen-bond donors (Lipinski definition) is 3. The molecule has 0 aliphatic carbocycles. The monoisotopic (exact) mass is 377 g/mol. The molecular formula is C17H19N3O5S. The molecule has 0 spiro atoms. The molecule has 0 heterocycles. The molecule has 0 unspecified atom stereocenters. The second-order valence-electron chi connectivity index (χ2n) is 5.27. The van der Waals surface area contributed by atoms with Crippen molar-refractivity contribution in [2.75, 3.05) is 13.7 Å². The van der Waals surface area contributed by atoms with Gasteiger partial charge in [-0.15, -0.1) is 0 Å². The van der Waals surface area contributed by atoms with Crippen LogP contribution in [0.2, 0.25) is 0 Å². The molecule has 0 aromatic heterocycles. The summed E-state index contributed by atoms with van der Waals surface area (Å²) in [5, 5.41) is 0. The molecule has 0 aliphatic heterocycles. The number of carbonyl (C=O) groups excluding carboxylic acids is 2. The van der Waals surface area contributed by atoms with Gasteiger partial charge in [-0.2, -0.15) is 0 Å². The average Bonchev–Trinajstić information content (AvgIpc) is 2.66. The van der Waals surface area contributed by atoms with Gasteiger partial charge in [-0.3, -0.25) is 20.4 Å². The molecule has 9 heteroatoms. The van der Waals surface area contributed by atoms with Crippen LogP contribution in [-0.2, 0) is 26.2 Å². The first-order chi connectivity index (χ1) is 12.4. The summed E-state index contributed by atoms with van der Waals surface area (Å²) >= 11 is 0. The van der Waals surface area contributed by atoms with E-state index in [0.717, 1.165) is 5.56 Å². The number of methoxy groups -OCH3 is 1. The zero-order valence-electron chi connectivity index (χ0n) is 14.1. The zero-order chi connectivity index (χ0) is 19.0. The predicted molar refractivity (Wildman–Crippen MR) is 94.4 cm³/mol. The van der Waals surface area contributed by atoms with Gasteiger partial charge >= 0.3 is 0 Å². The van der Waals surface area contributed by atoms with Crippen LogP contribution in [0.5, 0.6) is 0 Å². The van der Waals surface area contributed by atoms with Gasteiger partial charge in [0.25, 0.3) is 11.8 Å². The topological polar surface area (TPSA) is 114 Å². The summed E-state index contributed by atoms with van der Waals surface area (Å²) in [6, 6.07) is 14.4. The molecule has 0 radical (unpaired) electrons. The molecule has 8 nitrogen and oxygen atoms in total. The van der Waals surface area contributed by atoms with Crippen LogP contribution in [0.3, 0.4) is 0 Å². The summed E-state index contributed by atoms with van der Waals surface area (Å²) in [6.07, 6.45) is 0. The SMILES string of the molecule is COCc1cccc(C(=O)NNC(=O)CNS(=O)(=O)c2ccccc2)c1. The minimum Gasteiger partial charge on any atom is -0.380 e. The van der Waals surface area contributed by atoms with E-state index in [1.54, 1.807) is 49.6 Å². The highest BCUT2D eigenvalue weighted by Crippen LogP contribution is 2.07. The molecule has 138 valence electrons. The molecule has 0 bridgehead atoms. The summed E-state index contributed by atoms with van der Waals surface area (Å²) in [5.41, 5.74) is 5.53. The Kier molecular flexibility index (Phi) is 6.84. The van der Waals surface area contributed by atoms with Gasteiger partial charge in [-0.1, -0.05) is 30.3 Å². The van der Waals surface area contributed by atoms with E-state index in [9.17, 15) is 18.0 Å². The van der Waals surface area contributed by atoms with Crippen LogP contribution in [0.4, 0.5) is 0 Å². The summed E-state index contributed by atoms with van der Waals surface area (Å²) in [4.78, 5) is 23.8. The van der Waals surface area contributed by atoms with E-state index in [-0.39, 0.29) is 4.90 Å². The highest BCUT2D eigenvalue weighted by atomic mass is 32.2. The molecule has 0 saturated heterocycles. The highest BCUT2D eigenvalue weighted by molar-refractivity contribution is 7.89. The largest absolute Gasteiger partial charge is 0.380 e. The third kappa shape index (κ3) is 5.66. The Morgan fingerprint density at radius 2 is 1.73 bits per heavy atom. The molecule has 3 N–H and O–H groups in total. The van der Waals surface area contributed by atoms with Crippen LogP contribution >= 0.6 is 0 Å². The maximum Gasteiger partial charge on any atom is 0.269 e. The van der Waals surface area contributed by atoms with Crippen LogP contribution < -0.4 is 15.6 Å². The number of hydrogen-bond acceptors (Lipinski definition) is 5. The number of amides is 2. The van der Waals surface area contributed by atoms with Crippen molar-refractivity contribution in [1.82, 2.24) is 15.6 Å². The molecule has 2 aromatic rings. The Morgan fingerprint density at radius 1 is 1.00 bits per heavy atom. The Hall–Kier alpha value is -2.75. The summed E-state index contributed by atoms with van der Waals surface area (Å²) in [5.74, 6) is -1.23. The number of rotatable bonds is 7. The Morgan fingerprint density at radius 3 is 2.42 bits per heavy atom. The van der Waals surface area contributed by atoms with Crippen molar-refractivity contribution in [2.24, 2.45) is 0 Å². The fraction of sp³-hybridized carbons (Fsp3) is 0.176. The van der Waals surface area contributed by atoms with Crippen molar-refractivity contribution in [1.29, 1.82) is 0 Å². The predicted octanol–water partition coefficient (Wildman–Crippen LogP) is 0.573. The zero-order valence-corrected chi connectivity index (χ0v) is 14.9. The second-order valence-corrected chi connectivity index (χ2v) is 7.04. The van der Waals surface area contributed by atoms with Gasteiger partial charge in [0.15, 0.2) is 0 Å². The molecule has 0 saturated carbocycles. The van der Waals surface area contributed by atoms with E-state index < -0.39 is 28.4 Å². The Labute approximate surface area is 151 Å². The molecule has 0 atom stereocenters. The third-order valence-corrected chi connectivity index (χ3v) is 4.71. The van der Waals surface area contributed by atoms with E-state index in [1.165, 1.54) is 12.1 Å². The minimum atomic E-state index is -3.80. The number of carbonyl (C=O) groups is 2. The molecule has 26 heavy (non-hydrogen) atoms. The van der Waals surface area contributed by atoms with Gasteiger partial charge < -0.3 is 4.74 Å². The lowest BCUT2D eigenvalue weighted by molar-refractivity contribution is -0.120. The highest BCUT2D eigenvalue weighted by Gasteiger charge is 2.15. The van der Waals surface area contributed by atoms with Gasteiger partial charge in [0, 0.05) is 12.7 Å². The van der Waals surface area contributed by atoms with E-state index in [0.29, 0.717) is 12.2 Å². The van der Waals surface area contributed by atoms with Gasteiger partial charge in [0.1, 0.15) is 0 Å². The van der Waals surface area contributed by atoms with Crippen molar-refractivity contribution >= 4 is 21.8 Å². The van der Waals surface area contributed by atoms with Crippen LogP contribution in [0.25, 0.3) is 0 Å². The number of benzene rings is 2. The van der Waals surface area contributed by atoms with Crippen molar-refractivity contribution in [3.63, 3.8) is 0 Å². The van der Waals surface area contributed by atoms with E-state index in [2.05, 4.69) is 15.6 Å². The first-order valence-corrected chi connectivity index (χ1v) is 9.12. The minimum absolute atomic E-state index is 0.0480. The van der Waals surface area contributed by atoms with E-state index >= 15 is 0 Å². The van der Waals surface area contributed by atoms with E-state index in [1.807, 2.05) is 0 Å². The maximum atomic E-state index is 12.0. The molecule has 2 rings (SSSR count). The standard InChI is InChI=1S/C17H19N3O5S/c1-25-12-13-6-5-7-14(10-13)17(22)20-19-16(21)11-18-26(23,24)15-8-3-2-4-9-15/h2-10,18H,11-12H2,1H3,(H,19,21)(H,20,22). The molecular weight excluding hydrogens is 358 g/mol. The van der Waals surface area contributed by atoms with Crippen molar-refractivity contribution < 1.29 is 22.7 Å². The fourth-order valence-electron chi connectivity index (χ4n) is 2.06. The van der Waals surface area contributed by atoms with Crippen LogP contribution in [0, 0.1) is 0 Å². The van der Waals surface area contributed by atoms with Crippen LogP contribution in [-0.4, -0.2) is 33.9 Å². The first kappa shape index (κ1) is 19.6. The summed E-state index contributed by atoms with van der Waals surface area (Å²) in [6.45, 7) is -0.157. The second kappa shape index (κ2) is 9.09. The van der Waals surface area contributed by atoms with Crippen molar-refractivity contribution in [3.8, 4) is 0 Å². The number of hydrazine groups is 1. The van der Waals surface area contributed by atoms with Gasteiger partial charge in [0.2, 0.25) is 10.0 Å². The number of sulfonamides is 1. The number of ether oxygens (including phenoxy) is 1. The maximum absolute atomic E-state index is 12.0. The Balaban J connectivity index is 1.85. The Bertz CT molecular complexity index is 869. The van der Waals surface area contributed by atoms with Crippen molar-refractivity contribution in [2.45, 2.75) is 11.5 Å². The lowest BCUT2D eigenvalue weighted by Gasteiger charge is -2.09. The van der Waals surface area contributed by atoms with E-state index in [4.69, 9.17) is 4.74 Å². The average molecular weight is 377 g/mol. The quantitative estimate of drug-likeness (QED) is 0.611. The fourth-order valence-corrected chi connectivity index (χ4v) is 3.06. The lowest BCUT2D eigenvalue weighted by atomic mass is 10.1. The lowest BCUT2D eigenvalue weighted by Crippen LogP contribution is -2.46. The van der Waals surface area contributed by atoms with Crippen molar-refractivity contribution in [3.05, 3.63) is 65.7 Å². The van der Waals surface area contributed by atoms with Gasteiger partial charge in [-0.05, 0) is 29.8 Å². The van der Waals surface area contributed by atoms with Gasteiger partial charge in [-0.25, -0.2) is 13.1 Å². The van der Waals surface area contributed by atoms with Crippen LogP contribution in [0.15, 0.2) is 59.5 Å². The summed E-state index contributed by atoms with van der Waals surface area (Å²) in [7, 11) is -2.25. The normalized spacial score (nSPS) is 11.0. The number of nitrogens with one attached hydrogen (secondary N) is 3. The molecule has 2 amide bonds. The molecule has 0 aliphatic rings. The first-order valence-electron chi connectivity index (χ1n) is 7.64. The third-order valence-electron chi connectivity index (χ3n) is 3.29. The molecule has 0 fully saturated rings. The smallest absolute Gasteiger partial charge is 0.269 e. The molecule has 2 aromatic carbocycles. The van der Waals surface area contributed by atoms with Crippen LogP contribution in [0.1, 0.15) is 15.9 Å². The summed E-state index contributed by atoms with van der Waals surface area (Å²) < 4.78 is 31.2. The van der Waals surface area contributed by atoms with Gasteiger partial charge in [0.05, 0.1) is 18.0 Å².